The standard InChI is InChI=1S/C12H17F2N/c1-2-12(13,14)11-7-3-5-10(9-11)6-4-8-15/h3,5,7,9H,2,4,6,8,15H2,1H3. The molecular formula is C12H17F2N. The number of aryl methyl sites for hydroxylation is 1. The summed E-state index contributed by atoms with van der Waals surface area (Å²) in [5, 5.41) is 0. The molecule has 0 aliphatic heterocycles. The second-order valence-electron chi connectivity index (χ2n) is 3.65. The van der Waals surface area contributed by atoms with Crippen LogP contribution in [0.1, 0.15) is 30.9 Å². The van der Waals surface area contributed by atoms with Gasteiger partial charge in [-0.2, -0.15) is 0 Å². The third kappa shape index (κ3) is 3.27. The van der Waals surface area contributed by atoms with E-state index in [9.17, 15) is 8.78 Å². The highest BCUT2D eigenvalue weighted by molar-refractivity contribution is 5.26. The Kier molecular flexibility index (Phi) is 4.21. The van der Waals surface area contributed by atoms with Crippen molar-refractivity contribution in [3.63, 3.8) is 0 Å². The molecule has 0 aliphatic rings. The summed E-state index contributed by atoms with van der Waals surface area (Å²) >= 11 is 0. The molecule has 0 heterocycles. The number of hydrogen-bond donors (Lipinski definition) is 1. The average Bonchev–Trinajstić information content (AvgIpc) is 2.27. The third-order valence-corrected chi connectivity index (χ3v) is 2.46. The monoisotopic (exact) mass is 213 g/mol. The molecule has 0 unspecified atom stereocenters. The Morgan fingerprint density at radius 2 is 2.07 bits per heavy atom. The molecule has 0 bridgehead atoms. The third-order valence-electron chi connectivity index (χ3n) is 2.46. The summed E-state index contributed by atoms with van der Waals surface area (Å²) in [6.07, 6.45) is 1.44. The molecule has 1 nitrogen and oxygen atoms in total. The van der Waals surface area contributed by atoms with Gasteiger partial charge in [0.1, 0.15) is 0 Å². The molecule has 1 aromatic carbocycles. The maximum atomic E-state index is 13.4. The van der Waals surface area contributed by atoms with Crippen LogP contribution in [0.3, 0.4) is 0 Å². The highest BCUT2D eigenvalue weighted by Gasteiger charge is 2.28. The fourth-order valence-electron chi connectivity index (χ4n) is 1.46. The molecule has 0 atom stereocenters. The fourth-order valence-corrected chi connectivity index (χ4v) is 1.46. The van der Waals surface area contributed by atoms with E-state index in [4.69, 9.17) is 5.73 Å². The van der Waals surface area contributed by atoms with Gasteiger partial charge in [-0.25, -0.2) is 8.78 Å². The quantitative estimate of drug-likeness (QED) is 0.799. The van der Waals surface area contributed by atoms with E-state index in [0.717, 1.165) is 18.4 Å². The molecule has 2 N–H and O–H groups in total. The van der Waals surface area contributed by atoms with Gasteiger partial charge in [0.2, 0.25) is 0 Å². The predicted molar refractivity (Wildman–Crippen MR) is 58.0 cm³/mol. The van der Waals surface area contributed by atoms with Crippen LogP contribution in [-0.2, 0) is 12.3 Å². The van der Waals surface area contributed by atoms with Crippen LogP contribution in [0.15, 0.2) is 24.3 Å². The molecule has 0 fully saturated rings. The maximum absolute atomic E-state index is 13.4. The minimum atomic E-state index is -2.71. The van der Waals surface area contributed by atoms with Crippen LogP contribution in [0.2, 0.25) is 0 Å². The average molecular weight is 213 g/mol. The van der Waals surface area contributed by atoms with Crippen molar-refractivity contribution in [2.45, 2.75) is 32.1 Å². The van der Waals surface area contributed by atoms with E-state index < -0.39 is 5.92 Å². The van der Waals surface area contributed by atoms with E-state index in [1.807, 2.05) is 6.07 Å². The Labute approximate surface area is 89.3 Å². The van der Waals surface area contributed by atoms with Gasteiger partial charge in [-0.1, -0.05) is 25.1 Å². The molecule has 0 aromatic heterocycles. The summed E-state index contributed by atoms with van der Waals surface area (Å²) < 4.78 is 26.7. The lowest BCUT2D eigenvalue weighted by molar-refractivity contribution is -0.00835. The lowest BCUT2D eigenvalue weighted by Crippen LogP contribution is -2.11. The number of alkyl halides is 2. The maximum Gasteiger partial charge on any atom is 0.273 e. The zero-order valence-corrected chi connectivity index (χ0v) is 8.97. The fraction of sp³-hybridized carbons (Fsp3) is 0.500. The van der Waals surface area contributed by atoms with Gasteiger partial charge in [-0.05, 0) is 31.0 Å². The molecule has 84 valence electrons. The zero-order chi connectivity index (χ0) is 11.3. The highest BCUT2D eigenvalue weighted by atomic mass is 19.3. The molecule has 0 amide bonds. The summed E-state index contributed by atoms with van der Waals surface area (Å²) in [7, 11) is 0. The van der Waals surface area contributed by atoms with E-state index in [1.54, 1.807) is 12.1 Å². The van der Waals surface area contributed by atoms with Gasteiger partial charge >= 0.3 is 0 Å². The largest absolute Gasteiger partial charge is 0.330 e. The molecule has 0 aliphatic carbocycles. The smallest absolute Gasteiger partial charge is 0.273 e. The Morgan fingerprint density at radius 3 is 2.67 bits per heavy atom. The Hall–Kier alpha value is -0.960. The van der Waals surface area contributed by atoms with Crippen molar-refractivity contribution >= 4 is 0 Å². The van der Waals surface area contributed by atoms with Gasteiger partial charge in [0.15, 0.2) is 0 Å². The Bertz CT molecular complexity index is 310. The van der Waals surface area contributed by atoms with E-state index in [1.165, 1.54) is 13.0 Å². The summed E-state index contributed by atoms with van der Waals surface area (Å²) in [5.41, 5.74) is 6.43. The van der Waals surface area contributed by atoms with Crippen LogP contribution in [0.25, 0.3) is 0 Å². The molecule has 1 rings (SSSR count). The minimum Gasteiger partial charge on any atom is -0.330 e. The summed E-state index contributed by atoms with van der Waals surface area (Å²) in [4.78, 5) is 0. The van der Waals surface area contributed by atoms with Gasteiger partial charge in [-0.3, -0.25) is 0 Å². The van der Waals surface area contributed by atoms with Crippen LogP contribution >= 0.6 is 0 Å². The van der Waals surface area contributed by atoms with Crippen molar-refractivity contribution in [3.05, 3.63) is 35.4 Å². The topological polar surface area (TPSA) is 26.0 Å². The molecular weight excluding hydrogens is 196 g/mol. The lowest BCUT2D eigenvalue weighted by Gasteiger charge is -2.15. The van der Waals surface area contributed by atoms with Gasteiger partial charge in [0, 0.05) is 12.0 Å². The molecule has 0 spiro atoms. The predicted octanol–water partition coefficient (Wildman–Crippen LogP) is 3.08. The summed E-state index contributed by atoms with van der Waals surface area (Å²) in [5.74, 6) is -2.71. The number of hydrogen-bond acceptors (Lipinski definition) is 1. The Balaban J connectivity index is 2.82. The molecule has 0 radical (unpaired) electrons. The van der Waals surface area contributed by atoms with Gasteiger partial charge in [-0.15, -0.1) is 0 Å². The first-order valence-electron chi connectivity index (χ1n) is 5.27. The highest BCUT2D eigenvalue weighted by Crippen LogP contribution is 2.31. The van der Waals surface area contributed by atoms with Crippen molar-refractivity contribution in [1.29, 1.82) is 0 Å². The second kappa shape index (κ2) is 5.21. The van der Waals surface area contributed by atoms with Crippen molar-refractivity contribution in [1.82, 2.24) is 0 Å². The first-order valence-corrected chi connectivity index (χ1v) is 5.27. The first kappa shape index (κ1) is 12.1. The minimum absolute atomic E-state index is 0.111. The van der Waals surface area contributed by atoms with Crippen LogP contribution in [0.5, 0.6) is 0 Å². The van der Waals surface area contributed by atoms with Crippen LogP contribution < -0.4 is 5.73 Å². The van der Waals surface area contributed by atoms with Crippen molar-refractivity contribution in [2.75, 3.05) is 6.54 Å². The molecule has 0 saturated heterocycles. The molecule has 1 aromatic rings. The van der Waals surface area contributed by atoms with E-state index >= 15 is 0 Å². The van der Waals surface area contributed by atoms with Crippen molar-refractivity contribution < 1.29 is 8.78 Å². The number of benzene rings is 1. The van der Waals surface area contributed by atoms with Gasteiger partial charge in [0.05, 0.1) is 0 Å². The van der Waals surface area contributed by atoms with Gasteiger partial charge < -0.3 is 5.73 Å². The molecule has 15 heavy (non-hydrogen) atoms. The molecule has 0 saturated carbocycles. The summed E-state index contributed by atoms with van der Waals surface area (Å²) in [6.45, 7) is 2.08. The van der Waals surface area contributed by atoms with E-state index in [0.29, 0.717) is 6.54 Å². The first-order chi connectivity index (χ1) is 7.10. The van der Waals surface area contributed by atoms with Crippen molar-refractivity contribution in [3.8, 4) is 0 Å². The van der Waals surface area contributed by atoms with Crippen LogP contribution in [0, 0.1) is 0 Å². The molecule has 3 heteroatoms. The number of rotatable bonds is 5. The van der Waals surface area contributed by atoms with Gasteiger partial charge in [0.25, 0.3) is 5.92 Å². The second-order valence-corrected chi connectivity index (χ2v) is 3.65. The van der Waals surface area contributed by atoms with Crippen LogP contribution in [0.4, 0.5) is 8.78 Å². The lowest BCUT2D eigenvalue weighted by atomic mass is 10.0. The SMILES string of the molecule is CCC(F)(F)c1cccc(CCCN)c1. The number of nitrogens with two attached hydrogens (primary N) is 1. The normalized spacial score (nSPS) is 11.7. The number of halogens is 2. The zero-order valence-electron chi connectivity index (χ0n) is 8.97. The van der Waals surface area contributed by atoms with E-state index in [-0.39, 0.29) is 12.0 Å². The van der Waals surface area contributed by atoms with Crippen LogP contribution in [-0.4, -0.2) is 6.54 Å². The Morgan fingerprint density at radius 1 is 1.33 bits per heavy atom. The van der Waals surface area contributed by atoms with E-state index in [2.05, 4.69) is 0 Å². The van der Waals surface area contributed by atoms with Crippen molar-refractivity contribution in [2.24, 2.45) is 5.73 Å². The summed E-state index contributed by atoms with van der Waals surface area (Å²) in [6, 6.07) is 6.62.